The van der Waals surface area contributed by atoms with E-state index < -0.39 is 6.67 Å². The molecule has 0 fully saturated rings. The largest absolute Gasteiger partial charge is 0.497 e. The van der Waals surface area contributed by atoms with E-state index in [1.54, 1.807) is 14.2 Å². The fourth-order valence-electron chi connectivity index (χ4n) is 2.42. The highest BCUT2D eigenvalue weighted by molar-refractivity contribution is 5.82. The Hall–Kier alpha value is -2.82. The van der Waals surface area contributed by atoms with E-state index in [1.807, 2.05) is 48.5 Å². The lowest BCUT2D eigenvalue weighted by Gasteiger charge is -2.06. The number of rotatable bonds is 5. The van der Waals surface area contributed by atoms with Crippen LogP contribution in [0.2, 0.25) is 0 Å². The number of ether oxygens (including phenoxy) is 2. The van der Waals surface area contributed by atoms with E-state index in [2.05, 4.69) is 5.16 Å². The fraction of sp³-hybridized carbons (Fsp3) is 0.167. The molecular formula is C18H16FNO3. The predicted molar refractivity (Wildman–Crippen MR) is 85.3 cm³/mol. The van der Waals surface area contributed by atoms with Crippen molar-refractivity contribution in [3.05, 3.63) is 54.3 Å². The number of methoxy groups -OCH3 is 2. The van der Waals surface area contributed by atoms with Crippen LogP contribution in [0, 0.1) is 0 Å². The van der Waals surface area contributed by atoms with Gasteiger partial charge in [0.15, 0.2) is 12.4 Å². The zero-order chi connectivity index (χ0) is 16.2. The Morgan fingerprint density at radius 2 is 1.39 bits per heavy atom. The van der Waals surface area contributed by atoms with Crippen LogP contribution in [-0.2, 0) is 6.67 Å². The molecule has 0 atom stereocenters. The molecule has 1 aromatic heterocycles. The Bertz CT molecular complexity index is 779. The predicted octanol–water partition coefficient (Wildman–Crippen LogP) is 4.50. The SMILES string of the molecule is COc1ccc(-c2noc(CF)c2-c2ccc(OC)cc2)cc1. The topological polar surface area (TPSA) is 44.5 Å². The molecule has 0 radical (unpaired) electrons. The van der Waals surface area contributed by atoms with E-state index in [0.29, 0.717) is 11.3 Å². The fourth-order valence-corrected chi connectivity index (χ4v) is 2.42. The molecule has 2 aromatic carbocycles. The highest BCUT2D eigenvalue weighted by atomic mass is 19.1. The van der Waals surface area contributed by atoms with E-state index in [1.165, 1.54) is 0 Å². The molecule has 4 nitrogen and oxygen atoms in total. The number of hydrogen-bond acceptors (Lipinski definition) is 4. The smallest absolute Gasteiger partial charge is 0.176 e. The number of alkyl halides is 1. The van der Waals surface area contributed by atoms with Crippen molar-refractivity contribution in [2.45, 2.75) is 6.67 Å². The average molecular weight is 313 g/mol. The van der Waals surface area contributed by atoms with Crippen LogP contribution < -0.4 is 9.47 Å². The lowest BCUT2D eigenvalue weighted by molar-refractivity contribution is 0.332. The quantitative estimate of drug-likeness (QED) is 0.696. The summed E-state index contributed by atoms with van der Waals surface area (Å²) in [6, 6.07) is 14.8. The number of benzene rings is 2. The molecule has 3 aromatic rings. The molecule has 1 heterocycles. The minimum atomic E-state index is -0.718. The van der Waals surface area contributed by atoms with Gasteiger partial charge in [-0.2, -0.15) is 0 Å². The molecule has 3 rings (SSSR count). The van der Waals surface area contributed by atoms with Gasteiger partial charge in [0.25, 0.3) is 0 Å². The maximum Gasteiger partial charge on any atom is 0.176 e. The van der Waals surface area contributed by atoms with Crippen molar-refractivity contribution in [1.82, 2.24) is 5.16 Å². The Balaban J connectivity index is 2.08. The first kappa shape index (κ1) is 15.1. The number of nitrogens with zero attached hydrogens (tertiary/aromatic N) is 1. The lowest BCUT2D eigenvalue weighted by atomic mass is 9.99. The highest BCUT2D eigenvalue weighted by Crippen LogP contribution is 2.36. The van der Waals surface area contributed by atoms with Crippen LogP contribution >= 0.6 is 0 Å². The van der Waals surface area contributed by atoms with E-state index >= 15 is 0 Å². The molecule has 0 aliphatic carbocycles. The summed E-state index contributed by atoms with van der Waals surface area (Å²) in [5, 5.41) is 4.04. The summed E-state index contributed by atoms with van der Waals surface area (Å²) in [6.07, 6.45) is 0. The molecule has 0 spiro atoms. The lowest BCUT2D eigenvalue weighted by Crippen LogP contribution is -1.88. The minimum Gasteiger partial charge on any atom is -0.497 e. The van der Waals surface area contributed by atoms with Crippen molar-refractivity contribution in [3.63, 3.8) is 0 Å². The second-order valence-electron chi connectivity index (χ2n) is 4.92. The van der Waals surface area contributed by atoms with Crippen molar-refractivity contribution in [2.75, 3.05) is 14.2 Å². The molecule has 0 unspecified atom stereocenters. The zero-order valence-corrected chi connectivity index (χ0v) is 12.9. The van der Waals surface area contributed by atoms with Gasteiger partial charge in [0.2, 0.25) is 0 Å². The molecule has 0 aliphatic heterocycles. The first-order chi connectivity index (χ1) is 11.3. The number of aromatic nitrogens is 1. The summed E-state index contributed by atoms with van der Waals surface area (Å²) in [5.41, 5.74) is 2.91. The molecule has 0 saturated heterocycles. The standard InChI is InChI=1S/C18H16FNO3/c1-21-14-7-3-12(4-8-14)17-16(11-19)23-20-18(17)13-5-9-15(22-2)10-6-13/h3-10H,11H2,1-2H3. The van der Waals surface area contributed by atoms with Gasteiger partial charge in [0.1, 0.15) is 17.2 Å². The van der Waals surface area contributed by atoms with Crippen molar-refractivity contribution in [1.29, 1.82) is 0 Å². The van der Waals surface area contributed by atoms with E-state index in [-0.39, 0.29) is 5.76 Å². The normalized spacial score (nSPS) is 10.6. The van der Waals surface area contributed by atoms with Gasteiger partial charge in [-0.3, -0.25) is 0 Å². The molecule has 0 saturated carbocycles. The van der Waals surface area contributed by atoms with Gasteiger partial charge in [-0.25, -0.2) is 4.39 Å². The second-order valence-corrected chi connectivity index (χ2v) is 4.92. The molecule has 0 N–H and O–H groups in total. The summed E-state index contributed by atoms with van der Waals surface area (Å²) < 4.78 is 28.8. The van der Waals surface area contributed by atoms with Gasteiger partial charge >= 0.3 is 0 Å². The van der Waals surface area contributed by atoms with Crippen LogP contribution in [-0.4, -0.2) is 19.4 Å². The van der Waals surface area contributed by atoms with Crippen molar-refractivity contribution in [2.24, 2.45) is 0 Å². The van der Waals surface area contributed by atoms with Gasteiger partial charge < -0.3 is 14.0 Å². The van der Waals surface area contributed by atoms with Gasteiger partial charge in [-0.05, 0) is 42.0 Å². The highest BCUT2D eigenvalue weighted by Gasteiger charge is 2.19. The molecular weight excluding hydrogens is 297 g/mol. The Labute approximate surface area is 133 Å². The molecule has 5 heteroatoms. The Morgan fingerprint density at radius 3 is 1.87 bits per heavy atom. The first-order valence-corrected chi connectivity index (χ1v) is 7.10. The molecule has 23 heavy (non-hydrogen) atoms. The molecule has 0 aliphatic rings. The van der Waals surface area contributed by atoms with Gasteiger partial charge in [-0.1, -0.05) is 17.3 Å². The molecule has 0 amide bonds. The van der Waals surface area contributed by atoms with Crippen LogP contribution in [0.3, 0.4) is 0 Å². The maximum absolute atomic E-state index is 13.3. The minimum absolute atomic E-state index is 0.209. The van der Waals surface area contributed by atoms with Crippen molar-refractivity contribution in [3.8, 4) is 33.9 Å². The third-order valence-electron chi connectivity index (χ3n) is 3.63. The summed E-state index contributed by atoms with van der Waals surface area (Å²) >= 11 is 0. The van der Waals surface area contributed by atoms with Gasteiger partial charge in [-0.15, -0.1) is 0 Å². The van der Waals surface area contributed by atoms with Gasteiger partial charge in [0, 0.05) is 5.56 Å². The summed E-state index contributed by atoms with van der Waals surface area (Å²) in [5.74, 6) is 1.69. The second kappa shape index (κ2) is 6.52. The van der Waals surface area contributed by atoms with Gasteiger partial charge in [0.05, 0.1) is 19.8 Å². The van der Waals surface area contributed by atoms with Crippen molar-refractivity contribution < 1.29 is 18.4 Å². The molecule has 0 bridgehead atoms. The van der Waals surface area contributed by atoms with E-state index in [0.717, 1.165) is 22.6 Å². The van der Waals surface area contributed by atoms with Crippen LogP contribution in [0.1, 0.15) is 5.76 Å². The maximum atomic E-state index is 13.3. The number of halogens is 1. The molecule has 118 valence electrons. The van der Waals surface area contributed by atoms with Crippen LogP contribution in [0.4, 0.5) is 4.39 Å². The zero-order valence-electron chi connectivity index (χ0n) is 12.9. The van der Waals surface area contributed by atoms with Crippen molar-refractivity contribution >= 4 is 0 Å². The van der Waals surface area contributed by atoms with E-state index in [9.17, 15) is 4.39 Å². The first-order valence-electron chi connectivity index (χ1n) is 7.10. The monoisotopic (exact) mass is 313 g/mol. The van der Waals surface area contributed by atoms with Crippen LogP contribution in [0.5, 0.6) is 11.5 Å². The summed E-state index contributed by atoms with van der Waals surface area (Å²) in [6.45, 7) is -0.718. The summed E-state index contributed by atoms with van der Waals surface area (Å²) in [7, 11) is 3.21. The Morgan fingerprint density at radius 1 is 0.870 bits per heavy atom. The third kappa shape index (κ3) is 2.90. The van der Waals surface area contributed by atoms with Crippen LogP contribution in [0.15, 0.2) is 53.1 Å². The number of hydrogen-bond donors (Lipinski definition) is 0. The third-order valence-corrected chi connectivity index (χ3v) is 3.63. The van der Waals surface area contributed by atoms with Crippen LogP contribution in [0.25, 0.3) is 22.4 Å². The average Bonchev–Trinajstić information content (AvgIpc) is 3.06. The summed E-state index contributed by atoms with van der Waals surface area (Å²) in [4.78, 5) is 0. The van der Waals surface area contributed by atoms with E-state index in [4.69, 9.17) is 14.0 Å². The Kier molecular flexibility index (Phi) is 4.28.